The number of aryl methyl sites for hydroxylation is 1. The van der Waals surface area contributed by atoms with Gasteiger partial charge in [-0.25, -0.2) is 4.98 Å². The Bertz CT molecular complexity index is 1650. The number of aromatic nitrogens is 3. The van der Waals surface area contributed by atoms with Crippen LogP contribution in [-0.4, -0.2) is 25.6 Å². The Labute approximate surface area is 215 Å². The average Bonchev–Trinajstić information content (AvgIpc) is 3.28. The molecule has 0 radical (unpaired) electrons. The molecule has 0 spiro atoms. The minimum absolute atomic E-state index is 0.0896. The molecule has 1 amide bonds. The third kappa shape index (κ3) is 5.15. The highest BCUT2D eigenvalue weighted by molar-refractivity contribution is 6.04. The molecular weight excluding hydrogens is 495 g/mol. The first-order valence-corrected chi connectivity index (χ1v) is 11.6. The van der Waals surface area contributed by atoms with Gasteiger partial charge >= 0.3 is 6.18 Å². The van der Waals surface area contributed by atoms with Crippen molar-refractivity contribution in [1.82, 2.24) is 14.6 Å². The molecule has 0 aliphatic carbocycles. The number of alkyl halides is 3. The summed E-state index contributed by atoms with van der Waals surface area (Å²) in [6.07, 6.45) is -2.83. The molecule has 38 heavy (non-hydrogen) atoms. The van der Waals surface area contributed by atoms with Gasteiger partial charge in [0.2, 0.25) is 0 Å². The molecule has 0 aliphatic rings. The zero-order valence-electron chi connectivity index (χ0n) is 20.1. The van der Waals surface area contributed by atoms with Gasteiger partial charge in [-0.2, -0.15) is 22.8 Å². The zero-order valence-corrected chi connectivity index (χ0v) is 20.1. The van der Waals surface area contributed by atoms with Crippen molar-refractivity contribution >= 4 is 23.1 Å². The Morgan fingerprint density at radius 1 is 1.00 bits per heavy atom. The molecule has 2 heterocycles. The van der Waals surface area contributed by atoms with Crippen LogP contribution in [0.5, 0.6) is 5.75 Å². The van der Waals surface area contributed by atoms with Crippen molar-refractivity contribution in [3.8, 4) is 17.0 Å². The summed E-state index contributed by atoms with van der Waals surface area (Å²) in [6, 6.07) is 20.0. The predicted molar refractivity (Wildman–Crippen MR) is 138 cm³/mol. The maximum absolute atomic E-state index is 13.0. The SMILES string of the molecule is Cc1cnn2c(NCc3cccc(NC(=O)c4cccc(C(F)(F)F)c4)c3)cc(-c3ccccc3O)nc12. The number of carbonyl (C=O) groups excluding carboxylic acids is 1. The molecule has 0 aliphatic heterocycles. The van der Waals surface area contributed by atoms with Gasteiger partial charge in [0.15, 0.2) is 5.65 Å². The third-order valence-corrected chi connectivity index (χ3v) is 5.94. The normalized spacial score (nSPS) is 11.5. The van der Waals surface area contributed by atoms with E-state index >= 15 is 0 Å². The molecule has 5 aromatic rings. The molecule has 7 nitrogen and oxygen atoms in total. The molecule has 3 aromatic carbocycles. The number of rotatable bonds is 6. The number of phenols is 1. The molecule has 192 valence electrons. The molecule has 2 aromatic heterocycles. The minimum Gasteiger partial charge on any atom is -0.507 e. The van der Waals surface area contributed by atoms with Gasteiger partial charge < -0.3 is 15.7 Å². The van der Waals surface area contributed by atoms with Crippen LogP contribution >= 0.6 is 0 Å². The topological polar surface area (TPSA) is 91.5 Å². The summed E-state index contributed by atoms with van der Waals surface area (Å²) in [5.41, 5.74) is 2.93. The van der Waals surface area contributed by atoms with E-state index in [0.29, 0.717) is 35.0 Å². The van der Waals surface area contributed by atoms with E-state index in [4.69, 9.17) is 0 Å². The summed E-state index contributed by atoms with van der Waals surface area (Å²) < 4.78 is 40.7. The standard InChI is InChI=1S/C28H22F3N5O2/c1-17-15-33-36-25(14-23(35-26(17)36)22-10-2-3-11-24(22)37)32-16-18-6-4-9-21(12-18)34-27(38)19-7-5-8-20(13-19)28(29,30)31/h2-15,32,37H,16H2,1H3,(H,34,38). The number of phenolic OH excluding ortho intramolecular Hbond substituents is 1. The van der Waals surface area contributed by atoms with Crippen LogP contribution in [0.1, 0.15) is 27.0 Å². The summed E-state index contributed by atoms with van der Waals surface area (Å²) >= 11 is 0. The molecule has 0 saturated heterocycles. The Kier molecular flexibility index (Phi) is 6.46. The second kappa shape index (κ2) is 9.89. The average molecular weight is 518 g/mol. The molecular formula is C28H22F3N5O2. The number of halogens is 3. The molecule has 5 rings (SSSR count). The second-order valence-electron chi connectivity index (χ2n) is 8.69. The fourth-order valence-electron chi connectivity index (χ4n) is 4.02. The number of benzene rings is 3. The van der Waals surface area contributed by atoms with Gasteiger partial charge in [-0.15, -0.1) is 0 Å². The number of fused-ring (bicyclic) bond motifs is 1. The first kappa shape index (κ1) is 24.8. The fraction of sp³-hybridized carbons (Fsp3) is 0.107. The van der Waals surface area contributed by atoms with Gasteiger partial charge in [0.25, 0.3) is 5.91 Å². The highest BCUT2D eigenvalue weighted by Crippen LogP contribution is 2.31. The van der Waals surface area contributed by atoms with Crippen molar-refractivity contribution in [2.45, 2.75) is 19.6 Å². The number of nitrogens with one attached hydrogen (secondary N) is 2. The van der Waals surface area contributed by atoms with Crippen LogP contribution in [0.4, 0.5) is 24.7 Å². The van der Waals surface area contributed by atoms with Crippen LogP contribution in [0.2, 0.25) is 0 Å². The molecule has 0 unspecified atom stereocenters. The number of hydrogen-bond donors (Lipinski definition) is 3. The maximum Gasteiger partial charge on any atom is 0.416 e. The first-order chi connectivity index (χ1) is 18.2. The monoisotopic (exact) mass is 517 g/mol. The number of amides is 1. The van der Waals surface area contributed by atoms with Crippen molar-refractivity contribution in [2.75, 3.05) is 10.6 Å². The van der Waals surface area contributed by atoms with Crippen molar-refractivity contribution in [3.05, 3.63) is 107 Å². The number of para-hydroxylation sites is 1. The lowest BCUT2D eigenvalue weighted by Crippen LogP contribution is -2.14. The van der Waals surface area contributed by atoms with Gasteiger partial charge in [-0.1, -0.05) is 30.3 Å². The highest BCUT2D eigenvalue weighted by Gasteiger charge is 2.30. The lowest BCUT2D eigenvalue weighted by atomic mass is 10.1. The van der Waals surface area contributed by atoms with E-state index in [9.17, 15) is 23.1 Å². The highest BCUT2D eigenvalue weighted by atomic mass is 19.4. The molecule has 0 fully saturated rings. The Balaban J connectivity index is 1.36. The lowest BCUT2D eigenvalue weighted by molar-refractivity contribution is -0.137. The van der Waals surface area contributed by atoms with E-state index in [-0.39, 0.29) is 11.3 Å². The zero-order chi connectivity index (χ0) is 26.9. The van der Waals surface area contributed by atoms with Gasteiger partial charge in [0, 0.05) is 35.0 Å². The maximum atomic E-state index is 13.0. The lowest BCUT2D eigenvalue weighted by Gasteiger charge is -2.13. The second-order valence-corrected chi connectivity index (χ2v) is 8.69. The van der Waals surface area contributed by atoms with Gasteiger partial charge in [-0.05, 0) is 55.0 Å². The summed E-state index contributed by atoms with van der Waals surface area (Å²) in [5.74, 6) is 0.104. The summed E-state index contributed by atoms with van der Waals surface area (Å²) in [6.45, 7) is 2.25. The summed E-state index contributed by atoms with van der Waals surface area (Å²) in [4.78, 5) is 17.3. The van der Waals surface area contributed by atoms with Crippen molar-refractivity contribution in [2.24, 2.45) is 0 Å². The number of anilines is 2. The Morgan fingerprint density at radius 2 is 1.79 bits per heavy atom. The predicted octanol–water partition coefficient (Wildman–Crippen LogP) is 6.29. The first-order valence-electron chi connectivity index (χ1n) is 11.6. The van der Waals surface area contributed by atoms with Crippen LogP contribution in [-0.2, 0) is 12.7 Å². The van der Waals surface area contributed by atoms with Crippen LogP contribution in [0.25, 0.3) is 16.9 Å². The van der Waals surface area contributed by atoms with Crippen LogP contribution in [0.3, 0.4) is 0 Å². The summed E-state index contributed by atoms with van der Waals surface area (Å²) in [7, 11) is 0. The molecule has 0 bridgehead atoms. The van der Waals surface area contributed by atoms with E-state index in [0.717, 1.165) is 23.3 Å². The van der Waals surface area contributed by atoms with Crippen LogP contribution < -0.4 is 10.6 Å². The van der Waals surface area contributed by atoms with Crippen LogP contribution in [0, 0.1) is 6.92 Å². The van der Waals surface area contributed by atoms with E-state index in [1.165, 1.54) is 12.1 Å². The molecule has 3 N–H and O–H groups in total. The van der Waals surface area contributed by atoms with Gasteiger partial charge in [0.1, 0.15) is 11.6 Å². The fourth-order valence-corrected chi connectivity index (χ4v) is 4.02. The largest absolute Gasteiger partial charge is 0.507 e. The molecule has 0 saturated carbocycles. The Morgan fingerprint density at radius 3 is 2.58 bits per heavy atom. The van der Waals surface area contributed by atoms with Crippen molar-refractivity contribution in [3.63, 3.8) is 0 Å². The van der Waals surface area contributed by atoms with E-state index in [2.05, 4.69) is 20.7 Å². The van der Waals surface area contributed by atoms with Crippen molar-refractivity contribution < 1.29 is 23.1 Å². The Hall–Kier alpha value is -4.86. The van der Waals surface area contributed by atoms with Crippen molar-refractivity contribution in [1.29, 1.82) is 0 Å². The minimum atomic E-state index is -4.54. The van der Waals surface area contributed by atoms with E-state index in [1.54, 1.807) is 53.2 Å². The van der Waals surface area contributed by atoms with Gasteiger partial charge in [0.05, 0.1) is 17.5 Å². The van der Waals surface area contributed by atoms with Crippen LogP contribution in [0.15, 0.2) is 85.1 Å². The van der Waals surface area contributed by atoms with E-state index < -0.39 is 17.6 Å². The number of carbonyl (C=O) groups is 1. The van der Waals surface area contributed by atoms with Gasteiger partial charge in [-0.3, -0.25) is 4.79 Å². The molecule has 0 atom stereocenters. The number of nitrogens with zero attached hydrogens (tertiary/aromatic N) is 3. The quantitative estimate of drug-likeness (QED) is 0.246. The molecule has 10 heteroatoms. The van der Waals surface area contributed by atoms with E-state index in [1.807, 2.05) is 19.1 Å². The number of hydrogen-bond acceptors (Lipinski definition) is 5. The smallest absolute Gasteiger partial charge is 0.416 e. The summed E-state index contributed by atoms with van der Waals surface area (Å²) in [5, 5.41) is 20.7. The third-order valence-electron chi connectivity index (χ3n) is 5.94. The number of aromatic hydroxyl groups is 1.